The van der Waals surface area contributed by atoms with Crippen molar-refractivity contribution >= 4 is 0 Å². The fraction of sp³-hybridized carbons (Fsp3) is 0.462. The first-order chi connectivity index (χ1) is 9.38. The number of hydrogen-bond donors (Lipinski definition) is 1. The molecule has 0 saturated carbocycles. The van der Waals surface area contributed by atoms with Gasteiger partial charge in [-0.15, -0.1) is 5.10 Å². The number of nitrogens with zero attached hydrogens (tertiary/aromatic N) is 4. The first kappa shape index (κ1) is 12.3. The summed E-state index contributed by atoms with van der Waals surface area (Å²) in [5, 5.41) is 21.1. The molecule has 0 amide bonds. The summed E-state index contributed by atoms with van der Waals surface area (Å²) in [4.78, 5) is 0. The largest absolute Gasteiger partial charge is 0.392 e. The molecular weight excluding hydrogens is 244 g/mol. The van der Waals surface area contributed by atoms with Gasteiger partial charge in [0.2, 0.25) is 0 Å². The normalized spacial score (nSPS) is 19.5. The molecule has 3 rings (SSSR count). The lowest BCUT2D eigenvalue weighted by molar-refractivity contribution is -0.0394. The molecule has 6 nitrogen and oxygen atoms in total. The van der Waals surface area contributed by atoms with Crippen LogP contribution in [0.2, 0.25) is 0 Å². The summed E-state index contributed by atoms with van der Waals surface area (Å²) in [5.41, 5.74) is 1.74. The number of ether oxygens (including phenoxy) is 1. The Morgan fingerprint density at radius 1 is 1.37 bits per heavy atom. The van der Waals surface area contributed by atoms with Crippen LogP contribution in [-0.2, 0) is 11.3 Å². The van der Waals surface area contributed by atoms with E-state index in [2.05, 4.69) is 15.5 Å². The number of tetrazole rings is 1. The Bertz CT molecular complexity index is 549. The van der Waals surface area contributed by atoms with Gasteiger partial charge in [0.15, 0.2) is 12.1 Å². The van der Waals surface area contributed by atoms with Crippen LogP contribution in [0.4, 0.5) is 0 Å². The summed E-state index contributed by atoms with van der Waals surface area (Å²) in [6, 6.07) is 7.59. The van der Waals surface area contributed by atoms with E-state index in [1.165, 1.54) is 0 Å². The number of rotatable bonds is 3. The van der Waals surface area contributed by atoms with Gasteiger partial charge in [0.1, 0.15) is 0 Å². The molecule has 100 valence electrons. The van der Waals surface area contributed by atoms with Crippen LogP contribution in [-0.4, -0.2) is 31.9 Å². The highest BCUT2D eigenvalue weighted by molar-refractivity contribution is 5.55. The van der Waals surface area contributed by atoms with Crippen molar-refractivity contribution in [1.82, 2.24) is 20.2 Å². The van der Waals surface area contributed by atoms with Crippen LogP contribution in [0.15, 0.2) is 24.3 Å². The molecule has 0 spiro atoms. The lowest BCUT2D eigenvalue weighted by Gasteiger charge is -2.23. The smallest absolute Gasteiger partial charge is 0.184 e. The van der Waals surface area contributed by atoms with Crippen LogP contribution in [0.25, 0.3) is 11.4 Å². The molecule has 1 aromatic heterocycles. The predicted molar refractivity (Wildman–Crippen MR) is 68.0 cm³/mol. The van der Waals surface area contributed by atoms with Gasteiger partial charge in [0, 0.05) is 12.2 Å². The second kappa shape index (κ2) is 5.46. The maximum atomic E-state index is 9.19. The second-order valence-electron chi connectivity index (χ2n) is 4.63. The highest BCUT2D eigenvalue weighted by Gasteiger charge is 2.21. The molecule has 1 aliphatic rings. The van der Waals surface area contributed by atoms with Crippen LogP contribution in [0.5, 0.6) is 0 Å². The number of hydrogen-bond acceptors (Lipinski definition) is 5. The Morgan fingerprint density at radius 3 is 3.11 bits per heavy atom. The van der Waals surface area contributed by atoms with Crippen molar-refractivity contribution < 1.29 is 9.84 Å². The zero-order valence-electron chi connectivity index (χ0n) is 10.6. The number of aromatic nitrogens is 4. The van der Waals surface area contributed by atoms with Crippen molar-refractivity contribution in [1.29, 1.82) is 0 Å². The van der Waals surface area contributed by atoms with Gasteiger partial charge < -0.3 is 9.84 Å². The van der Waals surface area contributed by atoms with Gasteiger partial charge >= 0.3 is 0 Å². The second-order valence-corrected chi connectivity index (χ2v) is 4.63. The van der Waals surface area contributed by atoms with Gasteiger partial charge in [-0.25, -0.2) is 0 Å². The zero-order valence-corrected chi connectivity index (χ0v) is 10.6. The molecule has 19 heavy (non-hydrogen) atoms. The summed E-state index contributed by atoms with van der Waals surface area (Å²) >= 11 is 0. The molecule has 1 atom stereocenters. The highest BCUT2D eigenvalue weighted by Crippen LogP contribution is 2.26. The molecule has 0 aliphatic carbocycles. The van der Waals surface area contributed by atoms with Crippen LogP contribution >= 0.6 is 0 Å². The molecule has 1 aromatic carbocycles. The number of aliphatic hydroxyl groups is 1. The van der Waals surface area contributed by atoms with E-state index in [-0.39, 0.29) is 12.8 Å². The summed E-state index contributed by atoms with van der Waals surface area (Å²) < 4.78 is 7.44. The lowest BCUT2D eigenvalue weighted by Crippen LogP contribution is -2.20. The predicted octanol–water partition coefficient (Wildman–Crippen LogP) is 1.53. The van der Waals surface area contributed by atoms with Gasteiger partial charge in [-0.3, -0.25) is 0 Å². The standard InChI is InChI=1S/C13H16N4O2/c18-9-10-4-3-5-11(8-10)13-14-15-16-17(13)12-6-1-2-7-19-12/h3-5,8,12,18H,1-2,6-7,9H2. The zero-order chi connectivity index (χ0) is 13.1. The quantitative estimate of drug-likeness (QED) is 0.906. The van der Waals surface area contributed by atoms with Gasteiger partial charge in [0.05, 0.1) is 6.61 Å². The van der Waals surface area contributed by atoms with Gasteiger partial charge in [-0.2, -0.15) is 4.68 Å². The van der Waals surface area contributed by atoms with Crippen LogP contribution in [0.1, 0.15) is 31.1 Å². The first-order valence-corrected chi connectivity index (χ1v) is 6.48. The third-order valence-electron chi connectivity index (χ3n) is 3.29. The van der Waals surface area contributed by atoms with E-state index in [0.717, 1.165) is 37.0 Å². The summed E-state index contributed by atoms with van der Waals surface area (Å²) in [5.74, 6) is 0.683. The molecule has 6 heteroatoms. The van der Waals surface area contributed by atoms with E-state index in [4.69, 9.17) is 4.74 Å². The molecule has 1 saturated heterocycles. The van der Waals surface area contributed by atoms with E-state index in [1.807, 2.05) is 24.3 Å². The Labute approximate surface area is 111 Å². The van der Waals surface area contributed by atoms with Crippen molar-refractivity contribution in [3.05, 3.63) is 29.8 Å². The van der Waals surface area contributed by atoms with E-state index in [0.29, 0.717) is 5.82 Å². The van der Waals surface area contributed by atoms with E-state index < -0.39 is 0 Å². The average Bonchev–Trinajstić information content (AvgIpc) is 2.98. The molecule has 2 aromatic rings. The van der Waals surface area contributed by atoms with Crippen LogP contribution in [0.3, 0.4) is 0 Å². The minimum Gasteiger partial charge on any atom is -0.392 e. The van der Waals surface area contributed by atoms with Gasteiger partial charge in [-0.05, 0) is 41.3 Å². The summed E-state index contributed by atoms with van der Waals surface area (Å²) in [7, 11) is 0. The minimum absolute atomic E-state index is 0.00926. The first-order valence-electron chi connectivity index (χ1n) is 6.48. The van der Waals surface area contributed by atoms with Crippen LogP contribution in [0, 0.1) is 0 Å². The van der Waals surface area contributed by atoms with Crippen LogP contribution < -0.4 is 0 Å². The molecular formula is C13H16N4O2. The van der Waals surface area contributed by atoms with E-state index in [1.54, 1.807) is 4.68 Å². The van der Waals surface area contributed by atoms with E-state index in [9.17, 15) is 5.11 Å². The topological polar surface area (TPSA) is 73.1 Å². The summed E-state index contributed by atoms with van der Waals surface area (Å²) in [6.45, 7) is 0.760. The molecule has 1 N–H and O–H groups in total. The maximum Gasteiger partial charge on any atom is 0.184 e. The fourth-order valence-corrected chi connectivity index (χ4v) is 2.30. The van der Waals surface area contributed by atoms with E-state index >= 15 is 0 Å². The third-order valence-corrected chi connectivity index (χ3v) is 3.29. The molecule has 0 bridgehead atoms. The Hall–Kier alpha value is -1.79. The Kier molecular flexibility index (Phi) is 3.52. The SMILES string of the molecule is OCc1cccc(-c2nnnn2C2CCCCO2)c1. The minimum atomic E-state index is -0.0865. The molecule has 0 radical (unpaired) electrons. The Morgan fingerprint density at radius 2 is 2.32 bits per heavy atom. The third kappa shape index (κ3) is 2.50. The molecule has 1 aliphatic heterocycles. The molecule has 2 heterocycles. The Balaban J connectivity index is 1.94. The maximum absolute atomic E-state index is 9.19. The van der Waals surface area contributed by atoms with Crippen molar-refractivity contribution in [2.75, 3.05) is 6.61 Å². The average molecular weight is 260 g/mol. The molecule has 1 fully saturated rings. The number of aliphatic hydroxyl groups excluding tert-OH is 1. The lowest BCUT2D eigenvalue weighted by atomic mass is 10.1. The van der Waals surface area contributed by atoms with Crippen molar-refractivity contribution in [3.63, 3.8) is 0 Å². The number of benzene rings is 1. The fourth-order valence-electron chi connectivity index (χ4n) is 2.30. The van der Waals surface area contributed by atoms with Gasteiger partial charge in [0.25, 0.3) is 0 Å². The van der Waals surface area contributed by atoms with Crippen molar-refractivity contribution in [2.45, 2.75) is 32.1 Å². The van der Waals surface area contributed by atoms with Gasteiger partial charge in [-0.1, -0.05) is 18.2 Å². The summed E-state index contributed by atoms with van der Waals surface area (Å²) in [6.07, 6.45) is 3.06. The van der Waals surface area contributed by atoms with Crippen molar-refractivity contribution in [2.24, 2.45) is 0 Å². The molecule has 1 unspecified atom stereocenters. The highest BCUT2D eigenvalue weighted by atomic mass is 16.5. The monoisotopic (exact) mass is 260 g/mol. The van der Waals surface area contributed by atoms with Crippen molar-refractivity contribution in [3.8, 4) is 11.4 Å².